The predicted octanol–water partition coefficient (Wildman–Crippen LogP) is 3.98. The lowest BCUT2D eigenvalue weighted by Crippen LogP contribution is -2.04. The second kappa shape index (κ2) is 5.69. The molecule has 1 atom stereocenters. The highest BCUT2D eigenvalue weighted by molar-refractivity contribution is 5.27. The molecule has 1 rings (SSSR count). The maximum atomic E-state index is 5.74. The molecule has 0 spiro atoms. The van der Waals surface area contributed by atoms with Crippen LogP contribution in [0, 0.1) is 0 Å². The Morgan fingerprint density at radius 1 is 1.36 bits per heavy atom. The first-order valence-corrected chi connectivity index (χ1v) is 5.49. The first-order valence-electron chi connectivity index (χ1n) is 5.49. The Morgan fingerprint density at radius 2 is 2.14 bits per heavy atom. The van der Waals surface area contributed by atoms with Gasteiger partial charge in [-0.05, 0) is 38.3 Å². The zero-order valence-electron chi connectivity index (χ0n) is 9.42. The van der Waals surface area contributed by atoms with Crippen molar-refractivity contribution in [3.05, 3.63) is 35.6 Å². The monoisotopic (exact) mass is 192 g/mol. The van der Waals surface area contributed by atoms with Gasteiger partial charge in [0.25, 0.3) is 0 Å². The summed E-state index contributed by atoms with van der Waals surface area (Å²) in [5.41, 5.74) is 1.46. The Labute approximate surface area is 87.2 Å². The van der Waals surface area contributed by atoms with Crippen LogP contribution in [-0.2, 0) is 4.74 Å². The SMILES string of the molecule is CCC1=CC=C(OC(C)CC)C=CC1. The van der Waals surface area contributed by atoms with Gasteiger partial charge in [-0.2, -0.15) is 0 Å². The molecule has 0 bridgehead atoms. The third-order valence-corrected chi connectivity index (χ3v) is 2.51. The summed E-state index contributed by atoms with van der Waals surface area (Å²) in [5.74, 6) is 0.989. The van der Waals surface area contributed by atoms with Crippen LogP contribution in [0.3, 0.4) is 0 Å². The van der Waals surface area contributed by atoms with Gasteiger partial charge in [-0.1, -0.05) is 31.6 Å². The maximum absolute atomic E-state index is 5.74. The summed E-state index contributed by atoms with van der Waals surface area (Å²) in [6, 6.07) is 0. The molecule has 0 radical (unpaired) electrons. The van der Waals surface area contributed by atoms with E-state index in [9.17, 15) is 0 Å². The topological polar surface area (TPSA) is 9.23 Å². The first kappa shape index (κ1) is 11.1. The molecule has 0 heterocycles. The lowest BCUT2D eigenvalue weighted by atomic mass is 10.1. The molecule has 1 nitrogen and oxygen atoms in total. The number of rotatable bonds is 4. The van der Waals surface area contributed by atoms with Crippen molar-refractivity contribution in [2.75, 3.05) is 0 Å². The Kier molecular flexibility index (Phi) is 4.51. The third-order valence-electron chi connectivity index (χ3n) is 2.51. The minimum Gasteiger partial charge on any atom is -0.491 e. The van der Waals surface area contributed by atoms with Gasteiger partial charge >= 0.3 is 0 Å². The molecule has 0 aromatic rings. The molecule has 0 saturated carbocycles. The normalized spacial score (nSPS) is 18.2. The summed E-state index contributed by atoms with van der Waals surface area (Å²) in [4.78, 5) is 0. The Morgan fingerprint density at radius 3 is 2.79 bits per heavy atom. The van der Waals surface area contributed by atoms with Crippen LogP contribution in [0.15, 0.2) is 35.6 Å². The fourth-order valence-electron chi connectivity index (χ4n) is 1.31. The zero-order chi connectivity index (χ0) is 10.4. The van der Waals surface area contributed by atoms with E-state index in [0.29, 0.717) is 6.10 Å². The Bertz CT molecular complexity index is 258. The molecular weight excluding hydrogens is 172 g/mol. The van der Waals surface area contributed by atoms with Crippen LogP contribution in [0.1, 0.15) is 40.0 Å². The van der Waals surface area contributed by atoms with E-state index in [2.05, 4.69) is 45.1 Å². The van der Waals surface area contributed by atoms with Crippen LogP contribution < -0.4 is 0 Å². The summed E-state index contributed by atoms with van der Waals surface area (Å²) in [5, 5.41) is 0. The minimum absolute atomic E-state index is 0.308. The molecule has 0 fully saturated rings. The highest BCUT2D eigenvalue weighted by Crippen LogP contribution is 2.16. The van der Waals surface area contributed by atoms with Crippen molar-refractivity contribution in [2.24, 2.45) is 0 Å². The molecule has 0 aromatic heterocycles. The maximum Gasteiger partial charge on any atom is 0.119 e. The first-order chi connectivity index (χ1) is 6.76. The van der Waals surface area contributed by atoms with Gasteiger partial charge in [0.15, 0.2) is 0 Å². The second-order valence-corrected chi connectivity index (χ2v) is 3.69. The fourth-order valence-corrected chi connectivity index (χ4v) is 1.31. The predicted molar refractivity (Wildman–Crippen MR) is 61.1 cm³/mol. The molecule has 0 N–H and O–H groups in total. The molecule has 0 saturated heterocycles. The van der Waals surface area contributed by atoms with Gasteiger partial charge in [0.05, 0.1) is 6.10 Å². The van der Waals surface area contributed by atoms with Crippen LogP contribution in [0.5, 0.6) is 0 Å². The molecule has 1 aliphatic rings. The van der Waals surface area contributed by atoms with Gasteiger partial charge in [-0.25, -0.2) is 0 Å². The highest BCUT2D eigenvalue weighted by Gasteiger charge is 2.02. The average Bonchev–Trinajstić information content (AvgIpc) is 2.43. The van der Waals surface area contributed by atoms with E-state index in [1.165, 1.54) is 5.57 Å². The van der Waals surface area contributed by atoms with E-state index in [4.69, 9.17) is 4.74 Å². The smallest absolute Gasteiger partial charge is 0.119 e. The Hall–Kier alpha value is -0.980. The molecule has 1 aliphatic carbocycles. The summed E-state index contributed by atoms with van der Waals surface area (Å²) in [6.45, 7) is 6.43. The Balaban J connectivity index is 2.61. The summed E-state index contributed by atoms with van der Waals surface area (Å²) in [7, 11) is 0. The van der Waals surface area contributed by atoms with Gasteiger partial charge in [0, 0.05) is 0 Å². The van der Waals surface area contributed by atoms with Gasteiger partial charge in [0.2, 0.25) is 0 Å². The summed E-state index contributed by atoms with van der Waals surface area (Å²) in [6.07, 6.45) is 12.0. The van der Waals surface area contributed by atoms with Gasteiger partial charge in [-0.3, -0.25) is 0 Å². The van der Waals surface area contributed by atoms with E-state index in [1.54, 1.807) is 0 Å². The van der Waals surface area contributed by atoms with Gasteiger partial charge in [0.1, 0.15) is 5.76 Å². The lowest BCUT2D eigenvalue weighted by molar-refractivity contribution is 0.138. The van der Waals surface area contributed by atoms with Crippen molar-refractivity contribution in [1.82, 2.24) is 0 Å². The summed E-state index contributed by atoms with van der Waals surface area (Å²) >= 11 is 0. The molecule has 0 aromatic carbocycles. The molecule has 0 aliphatic heterocycles. The van der Waals surface area contributed by atoms with Crippen molar-refractivity contribution in [3.8, 4) is 0 Å². The second-order valence-electron chi connectivity index (χ2n) is 3.69. The van der Waals surface area contributed by atoms with Crippen LogP contribution in [0.25, 0.3) is 0 Å². The molecule has 78 valence electrons. The van der Waals surface area contributed by atoms with E-state index < -0.39 is 0 Å². The fraction of sp³-hybridized carbons (Fsp3) is 0.538. The number of allylic oxidation sites excluding steroid dienone is 5. The van der Waals surface area contributed by atoms with Crippen molar-refractivity contribution in [2.45, 2.75) is 46.1 Å². The van der Waals surface area contributed by atoms with Crippen molar-refractivity contribution in [1.29, 1.82) is 0 Å². The average molecular weight is 192 g/mol. The van der Waals surface area contributed by atoms with E-state index in [-0.39, 0.29) is 0 Å². The molecule has 14 heavy (non-hydrogen) atoms. The van der Waals surface area contributed by atoms with Crippen LogP contribution in [0.2, 0.25) is 0 Å². The molecule has 1 heteroatoms. The standard InChI is InChI=1S/C13H20O/c1-4-11(3)14-13-8-6-7-12(5-2)9-10-13/h6,8-11H,4-5,7H2,1-3H3. The van der Waals surface area contributed by atoms with E-state index in [1.807, 2.05) is 0 Å². The minimum atomic E-state index is 0.308. The van der Waals surface area contributed by atoms with Crippen molar-refractivity contribution in [3.63, 3.8) is 0 Å². The van der Waals surface area contributed by atoms with Crippen LogP contribution in [0.4, 0.5) is 0 Å². The molecule has 0 amide bonds. The van der Waals surface area contributed by atoms with Crippen molar-refractivity contribution < 1.29 is 4.74 Å². The number of hydrogen-bond acceptors (Lipinski definition) is 1. The highest BCUT2D eigenvalue weighted by atomic mass is 16.5. The third kappa shape index (κ3) is 3.41. The summed E-state index contributed by atoms with van der Waals surface area (Å²) < 4.78 is 5.74. The molecule has 1 unspecified atom stereocenters. The van der Waals surface area contributed by atoms with Crippen LogP contribution in [-0.4, -0.2) is 6.10 Å². The quantitative estimate of drug-likeness (QED) is 0.654. The van der Waals surface area contributed by atoms with E-state index >= 15 is 0 Å². The van der Waals surface area contributed by atoms with Gasteiger partial charge < -0.3 is 4.74 Å². The van der Waals surface area contributed by atoms with Crippen molar-refractivity contribution >= 4 is 0 Å². The number of hydrogen-bond donors (Lipinski definition) is 0. The van der Waals surface area contributed by atoms with E-state index in [0.717, 1.165) is 25.0 Å². The zero-order valence-corrected chi connectivity index (χ0v) is 9.42. The lowest BCUT2D eigenvalue weighted by Gasteiger charge is -2.12. The molecular formula is C13H20O. The largest absolute Gasteiger partial charge is 0.491 e. The van der Waals surface area contributed by atoms with Gasteiger partial charge in [-0.15, -0.1) is 0 Å². The number of ether oxygens (including phenoxy) is 1. The van der Waals surface area contributed by atoms with Crippen LogP contribution >= 0.6 is 0 Å².